The second-order valence-electron chi connectivity index (χ2n) is 7.79. The van der Waals surface area contributed by atoms with Crippen molar-refractivity contribution in [2.45, 2.75) is 44.2 Å². The molecule has 0 radical (unpaired) electrons. The van der Waals surface area contributed by atoms with Crippen LogP contribution in [0.1, 0.15) is 32.6 Å². The Morgan fingerprint density at radius 2 is 1.83 bits per heavy atom. The van der Waals surface area contributed by atoms with Crippen molar-refractivity contribution in [3.05, 3.63) is 42.5 Å². The minimum Gasteiger partial charge on any atom is -0.451 e. The Kier molecular flexibility index (Phi) is 5.15. The molecule has 1 saturated carbocycles. The highest BCUT2D eigenvalue weighted by atomic mass is 16.5. The van der Waals surface area contributed by atoms with E-state index in [4.69, 9.17) is 4.74 Å². The lowest BCUT2D eigenvalue weighted by molar-refractivity contribution is -0.155. The molecule has 8 nitrogen and oxygen atoms in total. The molecule has 8 heteroatoms. The number of urea groups is 1. The normalized spacial score (nSPS) is 18.5. The molecule has 0 unspecified atom stereocenters. The van der Waals surface area contributed by atoms with Crippen molar-refractivity contribution in [2.75, 3.05) is 11.9 Å². The summed E-state index contributed by atoms with van der Waals surface area (Å²) in [5.41, 5.74) is -0.296. The van der Waals surface area contributed by atoms with Gasteiger partial charge in [0.05, 0.1) is 0 Å². The van der Waals surface area contributed by atoms with Gasteiger partial charge >= 0.3 is 12.0 Å². The standard InChI is InChI=1S/C22H23N3O5/c1-14(19(27)23-17-9-8-15-6-2-3-7-16(15)12-17)30-18(26)13-25-20(28)22(24-21(25)29)10-4-5-11-22/h2-3,6-9,12,14H,4-5,10-11,13H2,1H3,(H,23,27)(H,24,29)/t14-/m0/s1. The van der Waals surface area contributed by atoms with Gasteiger partial charge in [-0.1, -0.05) is 43.2 Å². The van der Waals surface area contributed by atoms with Crippen LogP contribution in [0.25, 0.3) is 10.8 Å². The molecule has 1 saturated heterocycles. The highest BCUT2D eigenvalue weighted by Gasteiger charge is 2.52. The van der Waals surface area contributed by atoms with Gasteiger partial charge in [-0.3, -0.25) is 19.3 Å². The van der Waals surface area contributed by atoms with Crippen LogP contribution < -0.4 is 10.6 Å². The second kappa shape index (κ2) is 7.78. The van der Waals surface area contributed by atoms with Gasteiger partial charge in [0.2, 0.25) is 0 Å². The maximum Gasteiger partial charge on any atom is 0.327 e. The first kappa shape index (κ1) is 19.9. The molecule has 0 bridgehead atoms. The molecule has 1 spiro atoms. The zero-order valence-electron chi connectivity index (χ0n) is 16.6. The van der Waals surface area contributed by atoms with Gasteiger partial charge < -0.3 is 15.4 Å². The molecule has 2 N–H and O–H groups in total. The van der Waals surface area contributed by atoms with Crippen LogP contribution in [0.15, 0.2) is 42.5 Å². The fourth-order valence-corrected chi connectivity index (χ4v) is 4.07. The van der Waals surface area contributed by atoms with Gasteiger partial charge in [0.1, 0.15) is 12.1 Å². The quantitative estimate of drug-likeness (QED) is 0.583. The summed E-state index contributed by atoms with van der Waals surface area (Å²) in [6.45, 7) is 0.929. The van der Waals surface area contributed by atoms with E-state index in [0.717, 1.165) is 28.5 Å². The van der Waals surface area contributed by atoms with Crippen molar-refractivity contribution in [3.63, 3.8) is 0 Å². The first-order chi connectivity index (χ1) is 14.4. The molecule has 1 heterocycles. The number of rotatable bonds is 5. The number of hydrogen-bond acceptors (Lipinski definition) is 5. The zero-order chi connectivity index (χ0) is 21.3. The second-order valence-corrected chi connectivity index (χ2v) is 7.79. The maximum atomic E-state index is 12.6. The summed E-state index contributed by atoms with van der Waals surface area (Å²) in [4.78, 5) is 50.3. The number of benzene rings is 2. The molecule has 0 aromatic heterocycles. The number of carbonyl (C=O) groups excluding carboxylic acids is 4. The number of ether oxygens (including phenoxy) is 1. The van der Waals surface area contributed by atoms with Gasteiger partial charge in [-0.25, -0.2) is 4.79 Å². The minimum absolute atomic E-state index is 0.393. The van der Waals surface area contributed by atoms with Crippen LogP contribution in [0.5, 0.6) is 0 Å². The monoisotopic (exact) mass is 409 g/mol. The molecule has 2 aromatic carbocycles. The average molecular weight is 409 g/mol. The highest BCUT2D eigenvalue weighted by molar-refractivity contribution is 6.09. The van der Waals surface area contributed by atoms with E-state index in [2.05, 4.69) is 10.6 Å². The third-order valence-electron chi connectivity index (χ3n) is 5.68. The van der Waals surface area contributed by atoms with Crippen molar-refractivity contribution in [3.8, 4) is 0 Å². The van der Waals surface area contributed by atoms with Gasteiger partial charge in [-0.05, 0) is 42.7 Å². The minimum atomic E-state index is -1.08. The van der Waals surface area contributed by atoms with E-state index in [1.165, 1.54) is 6.92 Å². The van der Waals surface area contributed by atoms with Crippen molar-refractivity contribution in [2.24, 2.45) is 0 Å². The molecule has 1 aliphatic carbocycles. The van der Waals surface area contributed by atoms with E-state index in [1.54, 1.807) is 6.07 Å². The van der Waals surface area contributed by atoms with Crippen LogP contribution in [0.4, 0.5) is 10.5 Å². The lowest BCUT2D eigenvalue weighted by atomic mass is 9.98. The van der Waals surface area contributed by atoms with E-state index in [1.807, 2.05) is 36.4 Å². The number of amides is 4. The Morgan fingerprint density at radius 1 is 1.13 bits per heavy atom. The van der Waals surface area contributed by atoms with Crippen LogP contribution in [0.3, 0.4) is 0 Å². The average Bonchev–Trinajstić information content (AvgIpc) is 3.28. The summed E-state index contributed by atoms with van der Waals surface area (Å²) >= 11 is 0. The maximum absolute atomic E-state index is 12.6. The van der Waals surface area contributed by atoms with Crippen molar-refractivity contribution in [1.82, 2.24) is 10.2 Å². The Labute approximate surface area is 173 Å². The largest absolute Gasteiger partial charge is 0.451 e. The number of carbonyl (C=O) groups is 4. The summed E-state index contributed by atoms with van der Waals surface area (Å²) in [6.07, 6.45) is 1.79. The first-order valence-electron chi connectivity index (χ1n) is 10.0. The molecular formula is C22H23N3O5. The lowest BCUT2D eigenvalue weighted by Crippen LogP contribution is -2.44. The van der Waals surface area contributed by atoms with Crippen LogP contribution in [0.2, 0.25) is 0 Å². The van der Waals surface area contributed by atoms with Crippen molar-refractivity contribution >= 4 is 40.3 Å². The number of hydrogen-bond donors (Lipinski definition) is 2. The van der Waals surface area contributed by atoms with Gasteiger partial charge in [0.25, 0.3) is 11.8 Å². The number of esters is 1. The third-order valence-corrected chi connectivity index (χ3v) is 5.68. The molecule has 30 heavy (non-hydrogen) atoms. The van der Waals surface area contributed by atoms with Gasteiger partial charge in [-0.2, -0.15) is 0 Å². The lowest BCUT2D eigenvalue weighted by Gasteiger charge is -2.20. The molecule has 156 valence electrons. The zero-order valence-corrected chi connectivity index (χ0v) is 16.6. The first-order valence-corrected chi connectivity index (χ1v) is 10.0. The predicted octanol–water partition coefficient (Wildman–Crippen LogP) is 2.57. The van der Waals surface area contributed by atoms with Gasteiger partial charge in [0, 0.05) is 5.69 Å². The number of nitrogens with one attached hydrogen (secondary N) is 2. The predicted molar refractivity (Wildman–Crippen MR) is 110 cm³/mol. The fourth-order valence-electron chi connectivity index (χ4n) is 4.07. The smallest absolute Gasteiger partial charge is 0.327 e. The molecule has 2 aliphatic rings. The van der Waals surface area contributed by atoms with E-state index in [-0.39, 0.29) is 0 Å². The van der Waals surface area contributed by atoms with Crippen LogP contribution in [0, 0.1) is 0 Å². The van der Waals surface area contributed by atoms with Crippen LogP contribution in [-0.2, 0) is 19.1 Å². The molecule has 4 rings (SSSR count). The number of nitrogens with zero attached hydrogens (tertiary/aromatic N) is 1. The number of anilines is 1. The third kappa shape index (κ3) is 3.72. The molecule has 1 atom stereocenters. The van der Waals surface area contributed by atoms with Crippen LogP contribution >= 0.6 is 0 Å². The Morgan fingerprint density at radius 3 is 2.57 bits per heavy atom. The summed E-state index contributed by atoms with van der Waals surface area (Å²) in [7, 11) is 0. The molecule has 1 aliphatic heterocycles. The van der Waals surface area contributed by atoms with Gasteiger partial charge in [-0.15, -0.1) is 0 Å². The molecule has 4 amide bonds. The van der Waals surface area contributed by atoms with Crippen molar-refractivity contribution < 1.29 is 23.9 Å². The highest BCUT2D eigenvalue weighted by Crippen LogP contribution is 2.34. The molecule has 2 aromatic rings. The number of fused-ring (bicyclic) bond motifs is 1. The topological polar surface area (TPSA) is 105 Å². The number of imide groups is 1. The van der Waals surface area contributed by atoms with E-state index < -0.39 is 42.0 Å². The van der Waals surface area contributed by atoms with Crippen molar-refractivity contribution in [1.29, 1.82) is 0 Å². The van der Waals surface area contributed by atoms with Crippen LogP contribution in [-0.4, -0.2) is 46.9 Å². The SMILES string of the molecule is C[C@H](OC(=O)CN1C(=O)NC2(CCCC2)C1=O)C(=O)Nc1ccc2ccccc2c1. The molecular weight excluding hydrogens is 386 g/mol. The Balaban J connectivity index is 1.34. The van der Waals surface area contributed by atoms with E-state index in [0.29, 0.717) is 18.5 Å². The fraction of sp³-hybridized carbons (Fsp3) is 0.364. The summed E-state index contributed by atoms with van der Waals surface area (Å²) in [5.74, 6) is -1.70. The summed E-state index contributed by atoms with van der Waals surface area (Å²) in [6, 6.07) is 12.6. The van der Waals surface area contributed by atoms with E-state index >= 15 is 0 Å². The molecule has 2 fully saturated rings. The van der Waals surface area contributed by atoms with Gasteiger partial charge in [0.15, 0.2) is 6.10 Å². The van der Waals surface area contributed by atoms with E-state index in [9.17, 15) is 19.2 Å². The summed E-state index contributed by atoms with van der Waals surface area (Å²) < 4.78 is 5.16. The Hall–Kier alpha value is -3.42. The summed E-state index contributed by atoms with van der Waals surface area (Å²) in [5, 5.41) is 7.44. The Bertz CT molecular complexity index is 1030.